The van der Waals surface area contributed by atoms with Gasteiger partial charge in [-0.3, -0.25) is 9.69 Å². The van der Waals surface area contributed by atoms with Crippen molar-refractivity contribution in [1.82, 2.24) is 9.80 Å². The summed E-state index contributed by atoms with van der Waals surface area (Å²) < 4.78 is 5.37. The standard InChI is InChI=1S/C19H29N3O2/c1-15-3-2-4-16(13-15)14-21-7-9-22(10-8-21)19(23)18(20)17-5-11-24-12-6-17/h2-4,13,17-18H,5-12,14,20H2,1H3. The van der Waals surface area contributed by atoms with E-state index in [9.17, 15) is 4.79 Å². The predicted octanol–water partition coefficient (Wildman–Crippen LogP) is 1.39. The molecule has 5 nitrogen and oxygen atoms in total. The molecule has 1 aromatic carbocycles. The van der Waals surface area contributed by atoms with Gasteiger partial charge < -0.3 is 15.4 Å². The molecule has 0 spiro atoms. The van der Waals surface area contributed by atoms with Gasteiger partial charge in [0.2, 0.25) is 5.91 Å². The van der Waals surface area contributed by atoms with Crippen LogP contribution in [0.3, 0.4) is 0 Å². The van der Waals surface area contributed by atoms with Gasteiger partial charge in [-0.2, -0.15) is 0 Å². The smallest absolute Gasteiger partial charge is 0.239 e. The van der Waals surface area contributed by atoms with Gasteiger partial charge in [-0.05, 0) is 31.2 Å². The summed E-state index contributed by atoms with van der Waals surface area (Å²) in [6, 6.07) is 8.27. The highest BCUT2D eigenvalue weighted by atomic mass is 16.5. The fourth-order valence-electron chi connectivity index (χ4n) is 3.68. The van der Waals surface area contributed by atoms with Crippen LogP contribution in [-0.2, 0) is 16.1 Å². The molecule has 2 fully saturated rings. The Bertz CT molecular complexity index is 549. The van der Waals surface area contributed by atoms with Crippen LogP contribution in [0.5, 0.6) is 0 Å². The maximum absolute atomic E-state index is 12.6. The van der Waals surface area contributed by atoms with Gasteiger partial charge in [-0.25, -0.2) is 0 Å². The molecule has 2 N–H and O–H groups in total. The number of carbonyl (C=O) groups excluding carboxylic acids is 1. The van der Waals surface area contributed by atoms with E-state index in [1.807, 2.05) is 4.90 Å². The molecular formula is C19H29N3O2. The van der Waals surface area contributed by atoms with E-state index in [0.717, 1.165) is 58.8 Å². The van der Waals surface area contributed by atoms with Crippen molar-refractivity contribution in [3.63, 3.8) is 0 Å². The lowest BCUT2D eigenvalue weighted by molar-refractivity contribution is -0.136. The monoisotopic (exact) mass is 331 g/mol. The van der Waals surface area contributed by atoms with Crippen LogP contribution in [0.25, 0.3) is 0 Å². The highest BCUT2D eigenvalue weighted by molar-refractivity contribution is 5.82. The second-order valence-electron chi connectivity index (χ2n) is 7.07. The molecule has 0 radical (unpaired) electrons. The van der Waals surface area contributed by atoms with Crippen LogP contribution in [0, 0.1) is 12.8 Å². The molecule has 0 saturated carbocycles. The summed E-state index contributed by atoms with van der Waals surface area (Å²) in [5.74, 6) is 0.397. The maximum atomic E-state index is 12.6. The topological polar surface area (TPSA) is 58.8 Å². The van der Waals surface area contributed by atoms with Crippen LogP contribution in [-0.4, -0.2) is 61.1 Å². The Kier molecular flexibility index (Phi) is 5.87. The maximum Gasteiger partial charge on any atom is 0.239 e. The molecule has 2 aliphatic heterocycles. The summed E-state index contributed by atoms with van der Waals surface area (Å²) in [7, 11) is 0. The van der Waals surface area contributed by atoms with Gasteiger partial charge >= 0.3 is 0 Å². The zero-order chi connectivity index (χ0) is 16.9. The fourth-order valence-corrected chi connectivity index (χ4v) is 3.68. The molecule has 1 atom stereocenters. The fraction of sp³-hybridized carbons (Fsp3) is 0.632. The Balaban J connectivity index is 1.48. The third-order valence-electron chi connectivity index (χ3n) is 5.23. The Morgan fingerprint density at radius 2 is 1.96 bits per heavy atom. The van der Waals surface area contributed by atoms with E-state index in [0.29, 0.717) is 0 Å². The summed E-state index contributed by atoms with van der Waals surface area (Å²) in [5.41, 5.74) is 8.87. The summed E-state index contributed by atoms with van der Waals surface area (Å²) in [5, 5.41) is 0. The van der Waals surface area contributed by atoms with Crippen molar-refractivity contribution < 1.29 is 9.53 Å². The van der Waals surface area contributed by atoms with Crippen molar-refractivity contribution in [3.05, 3.63) is 35.4 Å². The molecule has 1 amide bonds. The van der Waals surface area contributed by atoms with E-state index in [4.69, 9.17) is 10.5 Å². The number of aryl methyl sites for hydroxylation is 1. The molecule has 0 bridgehead atoms. The number of carbonyl (C=O) groups is 1. The molecule has 1 unspecified atom stereocenters. The third-order valence-corrected chi connectivity index (χ3v) is 5.23. The molecule has 0 aliphatic carbocycles. The van der Waals surface area contributed by atoms with Crippen LogP contribution < -0.4 is 5.73 Å². The summed E-state index contributed by atoms with van der Waals surface area (Å²) in [4.78, 5) is 17.0. The molecule has 3 rings (SSSR count). The number of hydrogen-bond donors (Lipinski definition) is 1. The number of piperazine rings is 1. The van der Waals surface area contributed by atoms with Crippen molar-refractivity contribution in [2.75, 3.05) is 39.4 Å². The average Bonchev–Trinajstić information content (AvgIpc) is 2.62. The Morgan fingerprint density at radius 3 is 2.62 bits per heavy atom. The molecule has 2 heterocycles. The second kappa shape index (κ2) is 8.10. The predicted molar refractivity (Wildman–Crippen MR) is 94.6 cm³/mol. The lowest BCUT2D eigenvalue weighted by Gasteiger charge is -2.37. The molecule has 132 valence electrons. The van der Waals surface area contributed by atoms with Gasteiger partial charge in [-0.1, -0.05) is 29.8 Å². The second-order valence-corrected chi connectivity index (χ2v) is 7.07. The number of nitrogens with zero attached hydrogens (tertiary/aromatic N) is 2. The highest BCUT2D eigenvalue weighted by Gasteiger charge is 2.31. The first-order valence-electron chi connectivity index (χ1n) is 9.03. The number of rotatable bonds is 4. The largest absolute Gasteiger partial charge is 0.381 e. The van der Waals surface area contributed by atoms with Crippen LogP contribution >= 0.6 is 0 Å². The SMILES string of the molecule is Cc1cccc(CN2CCN(C(=O)C(N)C3CCOCC3)CC2)c1. The summed E-state index contributed by atoms with van der Waals surface area (Å²) in [6.45, 7) is 7.93. The number of nitrogens with two attached hydrogens (primary N) is 1. The van der Waals surface area contributed by atoms with Gasteiger partial charge in [0.15, 0.2) is 0 Å². The van der Waals surface area contributed by atoms with Gasteiger partial charge in [0, 0.05) is 45.9 Å². The average molecular weight is 331 g/mol. The lowest BCUT2D eigenvalue weighted by Crippen LogP contribution is -2.55. The van der Waals surface area contributed by atoms with Crippen molar-refractivity contribution in [3.8, 4) is 0 Å². The third kappa shape index (κ3) is 4.35. The minimum Gasteiger partial charge on any atom is -0.381 e. The van der Waals surface area contributed by atoms with E-state index in [-0.39, 0.29) is 17.9 Å². The van der Waals surface area contributed by atoms with Crippen LogP contribution in [0.15, 0.2) is 24.3 Å². The minimum absolute atomic E-state index is 0.122. The van der Waals surface area contributed by atoms with E-state index in [1.165, 1.54) is 11.1 Å². The first-order chi connectivity index (χ1) is 11.6. The van der Waals surface area contributed by atoms with Crippen molar-refractivity contribution in [2.24, 2.45) is 11.7 Å². The van der Waals surface area contributed by atoms with Gasteiger partial charge in [-0.15, -0.1) is 0 Å². The Morgan fingerprint density at radius 1 is 1.25 bits per heavy atom. The first-order valence-corrected chi connectivity index (χ1v) is 9.03. The zero-order valence-corrected chi connectivity index (χ0v) is 14.6. The zero-order valence-electron chi connectivity index (χ0n) is 14.6. The van der Waals surface area contributed by atoms with Gasteiger partial charge in [0.25, 0.3) is 0 Å². The summed E-state index contributed by atoms with van der Waals surface area (Å²) in [6.07, 6.45) is 1.81. The number of ether oxygens (including phenoxy) is 1. The number of benzene rings is 1. The molecule has 0 aromatic heterocycles. The van der Waals surface area contributed by atoms with Crippen molar-refractivity contribution in [1.29, 1.82) is 0 Å². The number of hydrogen-bond acceptors (Lipinski definition) is 4. The number of amides is 1. The van der Waals surface area contributed by atoms with Crippen molar-refractivity contribution in [2.45, 2.75) is 32.4 Å². The Hall–Kier alpha value is -1.43. The van der Waals surface area contributed by atoms with E-state index >= 15 is 0 Å². The van der Waals surface area contributed by atoms with Crippen LogP contribution in [0.4, 0.5) is 0 Å². The van der Waals surface area contributed by atoms with Crippen LogP contribution in [0.1, 0.15) is 24.0 Å². The van der Waals surface area contributed by atoms with E-state index in [2.05, 4.69) is 36.1 Å². The molecular weight excluding hydrogens is 302 g/mol. The molecule has 24 heavy (non-hydrogen) atoms. The van der Waals surface area contributed by atoms with Gasteiger partial charge in [0.05, 0.1) is 6.04 Å². The quantitative estimate of drug-likeness (QED) is 0.906. The van der Waals surface area contributed by atoms with E-state index < -0.39 is 0 Å². The highest BCUT2D eigenvalue weighted by Crippen LogP contribution is 2.20. The molecule has 2 aliphatic rings. The Labute approximate surface area is 144 Å². The molecule has 5 heteroatoms. The molecule has 1 aromatic rings. The lowest BCUT2D eigenvalue weighted by atomic mass is 9.91. The normalized spacial score (nSPS) is 21.7. The molecule has 2 saturated heterocycles. The van der Waals surface area contributed by atoms with Crippen LogP contribution in [0.2, 0.25) is 0 Å². The minimum atomic E-state index is -0.364. The van der Waals surface area contributed by atoms with Crippen molar-refractivity contribution >= 4 is 5.91 Å². The summed E-state index contributed by atoms with van der Waals surface area (Å²) >= 11 is 0. The first kappa shape index (κ1) is 17.4. The van der Waals surface area contributed by atoms with E-state index in [1.54, 1.807) is 0 Å². The van der Waals surface area contributed by atoms with Gasteiger partial charge in [0.1, 0.15) is 0 Å².